The summed E-state index contributed by atoms with van der Waals surface area (Å²) in [7, 11) is 1.46. The number of fused-ring (bicyclic) bond motifs is 1. The average molecular weight is 424 g/mol. The summed E-state index contributed by atoms with van der Waals surface area (Å²) in [4.78, 5) is 13.9. The van der Waals surface area contributed by atoms with E-state index >= 15 is 0 Å². The van der Waals surface area contributed by atoms with E-state index in [2.05, 4.69) is 62.9 Å². The number of esters is 1. The third-order valence-corrected chi connectivity index (χ3v) is 7.30. The molecule has 2 aromatic carbocycles. The molecule has 2 aliphatic rings. The third kappa shape index (κ3) is 5.06. The van der Waals surface area contributed by atoms with Crippen molar-refractivity contribution in [2.24, 2.45) is 17.3 Å². The maximum atomic E-state index is 11.6. The Balaban J connectivity index is 1.38. The van der Waals surface area contributed by atoms with E-state index in [0.717, 1.165) is 44.1 Å². The molecular formula is C27H37NO3. The van der Waals surface area contributed by atoms with E-state index in [4.69, 9.17) is 9.47 Å². The second-order valence-electron chi connectivity index (χ2n) is 10.7. The molecule has 4 nitrogen and oxygen atoms in total. The fourth-order valence-electron chi connectivity index (χ4n) is 5.24. The zero-order valence-corrected chi connectivity index (χ0v) is 19.7. The number of ether oxygens (including phenoxy) is 2. The predicted molar refractivity (Wildman–Crippen MR) is 125 cm³/mol. The maximum absolute atomic E-state index is 11.6. The van der Waals surface area contributed by atoms with Gasteiger partial charge in [-0.3, -0.25) is 9.69 Å². The molecule has 0 bridgehead atoms. The monoisotopic (exact) mass is 423 g/mol. The Labute approximate surface area is 186 Å². The minimum atomic E-state index is -0.0926. The van der Waals surface area contributed by atoms with Crippen LogP contribution in [0.3, 0.4) is 0 Å². The molecule has 1 aliphatic carbocycles. The first kappa shape index (κ1) is 22.1. The molecular weight excluding hydrogens is 386 g/mol. The molecule has 31 heavy (non-hydrogen) atoms. The Morgan fingerprint density at radius 3 is 2.42 bits per heavy atom. The van der Waals surface area contributed by atoms with Crippen LogP contribution in [0.1, 0.15) is 57.6 Å². The van der Waals surface area contributed by atoms with Crippen LogP contribution in [0.25, 0.3) is 10.8 Å². The molecule has 4 rings (SSSR count). The molecule has 0 radical (unpaired) electrons. The van der Waals surface area contributed by atoms with Crippen molar-refractivity contribution < 1.29 is 14.3 Å². The molecule has 1 aliphatic heterocycles. The fraction of sp³-hybridized carbons (Fsp3) is 0.593. The van der Waals surface area contributed by atoms with Crippen molar-refractivity contribution >= 4 is 16.7 Å². The highest BCUT2D eigenvalue weighted by atomic mass is 16.5. The summed E-state index contributed by atoms with van der Waals surface area (Å²) in [5.41, 5.74) is 2.94. The van der Waals surface area contributed by atoms with E-state index in [1.807, 2.05) is 0 Å². The van der Waals surface area contributed by atoms with Crippen LogP contribution in [0, 0.1) is 24.2 Å². The summed E-state index contributed by atoms with van der Waals surface area (Å²) >= 11 is 0. The Hall–Kier alpha value is -2.07. The summed E-state index contributed by atoms with van der Waals surface area (Å²) < 4.78 is 11.3. The first-order chi connectivity index (χ1) is 14.7. The molecule has 1 saturated heterocycles. The maximum Gasteiger partial charge on any atom is 0.311 e. The zero-order chi connectivity index (χ0) is 22.2. The number of aryl methyl sites for hydroxylation is 1. The van der Waals surface area contributed by atoms with Gasteiger partial charge in [0.05, 0.1) is 19.1 Å². The van der Waals surface area contributed by atoms with Crippen molar-refractivity contribution in [2.75, 3.05) is 20.2 Å². The van der Waals surface area contributed by atoms with E-state index in [1.54, 1.807) is 0 Å². The fourth-order valence-corrected chi connectivity index (χ4v) is 5.24. The molecule has 0 spiro atoms. The van der Waals surface area contributed by atoms with Gasteiger partial charge in [-0.2, -0.15) is 0 Å². The molecule has 0 atom stereocenters. The summed E-state index contributed by atoms with van der Waals surface area (Å²) in [6.07, 6.45) is 5.17. The Morgan fingerprint density at radius 1 is 1.06 bits per heavy atom. The number of hydrogen-bond donors (Lipinski definition) is 0. The first-order valence-corrected chi connectivity index (χ1v) is 11.7. The molecule has 2 aromatic rings. The van der Waals surface area contributed by atoms with Crippen LogP contribution in [0.4, 0.5) is 0 Å². The van der Waals surface area contributed by atoms with Gasteiger partial charge in [0.15, 0.2) is 0 Å². The van der Waals surface area contributed by atoms with Crippen LogP contribution in [-0.2, 0) is 16.1 Å². The van der Waals surface area contributed by atoms with E-state index < -0.39 is 0 Å². The lowest BCUT2D eigenvalue weighted by Gasteiger charge is -2.37. The van der Waals surface area contributed by atoms with Crippen molar-refractivity contribution in [3.63, 3.8) is 0 Å². The van der Waals surface area contributed by atoms with Gasteiger partial charge in [-0.15, -0.1) is 0 Å². The van der Waals surface area contributed by atoms with Crippen LogP contribution in [0.15, 0.2) is 30.3 Å². The smallest absolute Gasteiger partial charge is 0.311 e. The van der Waals surface area contributed by atoms with Crippen molar-refractivity contribution in [3.05, 3.63) is 41.5 Å². The number of rotatable bonds is 5. The number of benzene rings is 2. The van der Waals surface area contributed by atoms with Gasteiger partial charge in [-0.25, -0.2) is 0 Å². The Kier molecular flexibility index (Phi) is 6.30. The lowest BCUT2D eigenvalue weighted by molar-refractivity contribution is -0.151. The molecule has 1 heterocycles. The van der Waals surface area contributed by atoms with Crippen molar-refractivity contribution in [1.29, 1.82) is 0 Å². The third-order valence-electron chi connectivity index (χ3n) is 7.30. The topological polar surface area (TPSA) is 38.8 Å². The summed E-state index contributed by atoms with van der Waals surface area (Å²) in [6, 6.07) is 11.1. The number of hydrogen-bond acceptors (Lipinski definition) is 4. The first-order valence-electron chi connectivity index (χ1n) is 11.7. The lowest BCUT2D eigenvalue weighted by Crippen LogP contribution is -2.49. The average Bonchev–Trinajstić information content (AvgIpc) is 2.70. The molecule has 168 valence electrons. The SMILES string of the molecule is COC(=O)C1CN(Cc2ccc3cc(OC4CCC(C(C)(C)C)CC4)cc(C)c3c2)C1. The predicted octanol–water partition coefficient (Wildman–Crippen LogP) is 5.74. The van der Waals surface area contributed by atoms with Gasteiger partial charge in [-0.05, 0) is 84.0 Å². The van der Waals surface area contributed by atoms with Gasteiger partial charge < -0.3 is 9.47 Å². The van der Waals surface area contributed by atoms with Crippen molar-refractivity contribution in [2.45, 2.75) is 66.0 Å². The van der Waals surface area contributed by atoms with Gasteiger partial charge >= 0.3 is 5.97 Å². The van der Waals surface area contributed by atoms with Crippen molar-refractivity contribution in [3.8, 4) is 5.75 Å². The number of carbonyl (C=O) groups excluding carboxylic acids is 1. The normalized spacial score (nSPS) is 22.9. The number of nitrogens with zero attached hydrogens (tertiary/aromatic N) is 1. The van der Waals surface area contributed by atoms with Gasteiger partial charge in [0.2, 0.25) is 0 Å². The molecule has 0 amide bonds. The van der Waals surface area contributed by atoms with Gasteiger partial charge in [0, 0.05) is 19.6 Å². The molecule has 4 heteroatoms. The summed E-state index contributed by atoms with van der Waals surface area (Å²) in [6.45, 7) is 11.7. The summed E-state index contributed by atoms with van der Waals surface area (Å²) in [5, 5.41) is 2.52. The van der Waals surface area contributed by atoms with E-state index in [0.29, 0.717) is 11.5 Å². The standard InChI is InChI=1S/C27H37NO3/c1-18-12-24(31-23-10-8-22(9-11-23)27(2,3)4)14-20-7-6-19(13-25(18)20)15-28-16-21(17-28)26(29)30-5/h6-7,12-14,21-23H,8-11,15-17H2,1-5H3. The van der Waals surface area contributed by atoms with Gasteiger partial charge in [0.25, 0.3) is 0 Å². The quantitative estimate of drug-likeness (QED) is 0.575. The van der Waals surface area contributed by atoms with Crippen LogP contribution in [0.2, 0.25) is 0 Å². The second-order valence-corrected chi connectivity index (χ2v) is 10.7. The van der Waals surface area contributed by atoms with Gasteiger partial charge in [-0.1, -0.05) is 32.9 Å². The van der Waals surface area contributed by atoms with E-state index in [9.17, 15) is 4.79 Å². The number of carbonyl (C=O) groups is 1. The molecule has 1 saturated carbocycles. The Morgan fingerprint density at radius 2 is 1.77 bits per heavy atom. The highest BCUT2D eigenvalue weighted by Crippen LogP contribution is 2.39. The highest BCUT2D eigenvalue weighted by Gasteiger charge is 2.33. The highest BCUT2D eigenvalue weighted by molar-refractivity contribution is 5.87. The van der Waals surface area contributed by atoms with E-state index in [-0.39, 0.29) is 11.9 Å². The van der Waals surface area contributed by atoms with Crippen LogP contribution < -0.4 is 4.74 Å². The lowest BCUT2D eigenvalue weighted by atomic mass is 9.72. The zero-order valence-electron chi connectivity index (χ0n) is 19.7. The largest absolute Gasteiger partial charge is 0.490 e. The second kappa shape index (κ2) is 8.82. The van der Waals surface area contributed by atoms with E-state index in [1.165, 1.54) is 41.9 Å². The van der Waals surface area contributed by atoms with Crippen LogP contribution in [0.5, 0.6) is 5.75 Å². The molecule has 0 aromatic heterocycles. The van der Waals surface area contributed by atoms with Crippen LogP contribution in [-0.4, -0.2) is 37.2 Å². The minimum absolute atomic E-state index is 0.0327. The van der Waals surface area contributed by atoms with Crippen molar-refractivity contribution in [1.82, 2.24) is 4.90 Å². The summed E-state index contributed by atoms with van der Waals surface area (Å²) in [5.74, 6) is 1.74. The number of methoxy groups -OCH3 is 1. The molecule has 0 unspecified atom stereocenters. The minimum Gasteiger partial charge on any atom is -0.490 e. The molecule has 0 N–H and O–H groups in total. The Bertz CT molecular complexity index is 931. The molecule has 2 fully saturated rings. The number of likely N-dealkylation sites (tertiary alicyclic amines) is 1. The van der Waals surface area contributed by atoms with Gasteiger partial charge in [0.1, 0.15) is 5.75 Å². The van der Waals surface area contributed by atoms with Crippen LogP contribution >= 0.6 is 0 Å².